The molecule has 0 radical (unpaired) electrons. The summed E-state index contributed by atoms with van der Waals surface area (Å²) in [4.78, 5) is 4.56. The Morgan fingerprint density at radius 2 is 1.21 bits per heavy atom. The average molecular weight is 315 g/mol. The Balaban J connectivity index is 1.78. The van der Waals surface area contributed by atoms with E-state index in [9.17, 15) is 0 Å². The fraction of sp³-hybridized carbons (Fsp3) is 0.0952. The van der Waals surface area contributed by atoms with Gasteiger partial charge in [0.25, 0.3) is 0 Å². The molecule has 0 unspecified atom stereocenters. The lowest BCUT2D eigenvalue weighted by atomic mass is 9.91. The summed E-state index contributed by atoms with van der Waals surface area (Å²) in [6.45, 7) is 0.597. The van der Waals surface area contributed by atoms with Crippen molar-refractivity contribution in [1.29, 1.82) is 0 Å². The van der Waals surface area contributed by atoms with Gasteiger partial charge in [0.05, 0.1) is 6.54 Å². The number of nitrogens with two attached hydrogens (primary N) is 1. The highest BCUT2D eigenvalue weighted by molar-refractivity contribution is 5.92. The van der Waals surface area contributed by atoms with Gasteiger partial charge in [0.15, 0.2) is 5.96 Å². The number of aliphatic imine (C=N–C) groups is 1. The van der Waals surface area contributed by atoms with Crippen LogP contribution in [0.2, 0.25) is 0 Å². The molecular weight excluding hydrogens is 294 g/mol. The number of rotatable bonds is 5. The lowest BCUT2D eigenvalue weighted by molar-refractivity contribution is 0.819. The van der Waals surface area contributed by atoms with Crippen LogP contribution in [0.4, 0.5) is 5.69 Å². The van der Waals surface area contributed by atoms with Crippen molar-refractivity contribution in [3.8, 4) is 0 Å². The first kappa shape index (κ1) is 15.8. The Kier molecular flexibility index (Phi) is 5.25. The van der Waals surface area contributed by atoms with Crippen molar-refractivity contribution >= 4 is 11.6 Å². The molecule has 3 heteroatoms. The van der Waals surface area contributed by atoms with E-state index in [0.717, 1.165) is 5.69 Å². The first-order valence-electron chi connectivity index (χ1n) is 8.05. The molecule has 0 bridgehead atoms. The zero-order valence-corrected chi connectivity index (χ0v) is 13.5. The number of nitrogens with zero attached hydrogens (tertiary/aromatic N) is 1. The first-order valence-corrected chi connectivity index (χ1v) is 8.05. The van der Waals surface area contributed by atoms with Gasteiger partial charge >= 0.3 is 0 Å². The Labute approximate surface area is 142 Å². The molecule has 0 saturated carbocycles. The zero-order valence-electron chi connectivity index (χ0n) is 13.5. The van der Waals surface area contributed by atoms with Crippen molar-refractivity contribution in [3.05, 3.63) is 102 Å². The van der Waals surface area contributed by atoms with Crippen LogP contribution in [0.15, 0.2) is 96.0 Å². The summed E-state index contributed by atoms with van der Waals surface area (Å²) in [5, 5.41) is 3.13. The largest absolute Gasteiger partial charge is 0.370 e. The molecule has 24 heavy (non-hydrogen) atoms. The van der Waals surface area contributed by atoms with E-state index < -0.39 is 0 Å². The molecule has 0 spiro atoms. The highest BCUT2D eigenvalue weighted by atomic mass is 15.1. The summed E-state index contributed by atoms with van der Waals surface area (Å²) in [7, 11) is 0. The molecule has 0 aromatic heterocycles. The van der Waals surface area contributed by atoms with Gasteiger partial charge in [-0.1, -0.05) is 78.9 Å². The molecule has 120 valence electrons. The predicted octanol–water partition coefficient (Wildman–Crippen LogP) is 4.25. The van der Waals surface area contributed by atoms with Crippen molar-refractivity contribution in [2.45, 2.75) is 5.92 Å². The number of guanidine groups is 1. The highest BCUT2D eigenvalue weighted by Crippen LogP contribution is 2.24. The van der Waals surface area contributed by atoms with E-state index in [1.54, 1.807) is 0 Å². The van der Waals surface area contributed by atoms with Crippen molar-refractivity contribution in [2.24, 2.45) is 10.7 Å². The number of para-hydroxylation sites is 1. The fourth-order valence-corrected chi connectivity index (χ4v) is 2.67. The zero-order chi connectivity index (χ0) is 16.6. The van der Waals surface area contributed by atoms with Gasteiger partial charge in [0, 0.05) is 11.6 Å². The van der Waals surface area contributed by atoms with Crippen LogP contribution in [0.1, 0.15) is 17.0 Å². The normalized spacial score (nSPS) is 11.5. The summed E-state index contributed by atoms with van der Waals surface area (Å²) < 4.78 is 0. The minimum atomic E-state index is 0.184. The summed E-state index contributed by atoms with van der Waals surface area (Å²) >= 11 is 0. The fourth-order valence-electron chi connectivity index (χ4n) is 2.67. The molecule has 0 saturated heterocycles. The molecule has 3 rings (SSSR count). The first-order chi connectivity index (χ1) is 11.8. The third-order valence-electron chi connectivity index (χ3n) is 3.89. The van der Waals surface area contributed by atoms with Gasteiger partial charge in [-0.15, -0.1) is 0 Å². The van der Waals surface area contributed by atoms with E-state index in [4.69, 9.17) is 5.73 Å². The Morgan fingerprint density at radius 3 is 1.71 bits per heavy atom. The van der Waals surface area contributed by atoms with Crippen molar-refractivity contribution in [3.63, 3.8) is 0 Å². The third kappa shape index (κ3) is 4.23. The predicted molar refractivity (Wildman–Crippen MR) is 101 cm³/mol. The van der Waals surface area contributed by atoms with Crippen LogP contribution in [-0.4, -0.2) is 12.5 Å². The van der Waals surface area contributed by atoms with E-state index >= 15 is 0 Å². The monoisotopic (exact) mass is 315 g/mol. The maximum Gasteiger partial charge on any atom is 0.193 e. The number of hydrogen-bond acceptors (Lipinski definition) is 1. The molecule has 3 aromatic rings. The maximum atomic E-state index is 6.05. The number of anilines is 1. The van der Waals surface area contributed by atoms with Gasteiger partial charge in [-0.25, -0.2) is 0 Å². The molecular formula is C21H21N3. The van der Waals surface area contributed by atoms with E-state index in [2.05, 4.69) is 58.8 Å². The van der Waals surface area contributed by atoms with Crippen LogP contribution in [0.25, 0.3) is 0 Å². The summed E-state index contributed by atoms with van der Waals surface area (Å²) in [5.74, 6) is 0.613. The van der Waals surface area contributed by atoms with Crippen LogP contribution in [0.5, 0.6) is 0 Å². The molecule has 0 aliphatic carbocycles. The molecule has 0 fully saturated rings. The number of nitrogens with one attached hydrogen (secondary N) is 1. The van der Waals surface area contributed by atoms with Crippen LogP contribution in [0.3, 0.4) is 0 Å². The summed E-state index contributed by atoms with van der Waals surface area (Å²) in [6.07, 6.45) is 0. The van der Waals surface area contributed by atoms with Crippen molar-refractivity contribution < 1.29 is 0 Å². The minimum Gasteiger partial charge on any atom is -0.370 e. The Morgan fingerprint density at radius 1 is 0.750 bits per heavy atom. The van der Waals surface area contributed by atoms with Gasteiger partial charge in [0.1, 0.15) is 0 Å². The lowest BCUT2D eigenvalue weighted by Gasteiger charge is -2.16. The van der Waals surface area contributed by atoms with E-state index in [1.807, 2.05) is 42.5 Å². The topological polar surface area (TPSA) is 50.4 Å². The molecule has 3 nitrogen and oxygen atoms in total. The van der Waals surface area contributed by atoms with Crippen LogP contribution in [0, 0.1) is 0 Å². The van der Waals surface area contributed by atoms with Gasteiger partial charge in [-0.3, -0.25) is 4.99 Å². The van der Waals surface area contributed by atoms with E-state index in [0.29, 0.717) is 12.5 Å². The third-order valence-corrected chi connectivity index (χ3v) is 3.89. The minimum absolute atomic E-state index is 0.184. The summed E-state index contributed by atoms with van der Waals surface area (Å²) in [6, 6.07) is 30.6. The van der Waals surface area contributed by atoms with Gasteiger partial charge in [-0.2, -0.15) is 0 Å². The molecule has 0 aliphatic rings. The smallest absolute Gasteiger partial charge is 0.193 e. The van der Waals surface area contributed by atoms with Gasteiger partial charge in [-0.05, 0) is 23.3 Å². The van der Waals surface area contributed by atoms with Crippen LogP contribution >= 0.6 is 0 Å². The second-order valence-electron chi connectivity index (χ2n) is 5.59. The molecule has 0 heterocycles. The second-order valence-corrected chi connectivity index (χ2v) is 5.59. The number of hydrogen-bond donors (Lipinski definition) is 2. The van der Waals surface area contributed by atoms with Crippen LogP contribution in [-0.2, 0) is 0 Å². The quantitative estimate of drug-likeness (QED) is 0.546. The molecule has 3 N–H and O–H groups in total. The van der Waals surface area contributed by atoms with Crippen molar-refractivity contribution in [1.82, 2.24) is 0 Å². The van der Waals surface area contributed by atoms with E-state index in [1.165, 1.54) is 11.1 Å². The summed E-state index contributed by atoms with van der Waals surface area (Å²) in [5.41, 5.74) is 9.46. The molecule has 3 aromatic carbocycles. The average Bonchev–Trinajstić information content (AvgIpc) is 2.64. The van der Waals surface area contributed by atoms with Gasteiger partial charge < -0.3 is 11.1 Å². The maximum absolute atomic E-state index is 6.05. The highest BCUT2D eigenvalue weighted by Gasteiger charge is 2.13. The Hall–Kier alpha value is -3.07. The second kappa shape index (κ2) is 7.97. The van der Waals surface area contributed by atoms with Gasteiger partial charge in [0.2, 0.25) is 0 Å². The standard InChI is InChI=1S/C21H21N3/c22-21(24-19-14-8-3-9-15-19)23-16-20(17-10-4-1-5-11-17)18-12-6-2-7-13-18/h1-15,20H,16H2,(H3,22,23,24). The number of benzene rings is 3. The van der Waals surface area contributed by atoms with Crippen molar-refractivity contribution in [2.75, 3.05) is 11.9 Å². The SMILES string of the molecule is NC(=NCC(c1ccccc1)c1ccccc1)Nc1ccccc1. The van der Waals surface area contributed by atoms with E-state index in [-0.39, 0.29) is 5.92 Å². The molecule has 0 amide bonds. The molecule has 0 atom stereocenters. The Bertz CT molecular complexity index is 728. The van der Waals surface area contributed by atoms with Crippen LogP contribution < -0.4 is 11.1 Å². The lowest BCUT2D eigenvalue weighted by Crippen LogP contribution is -2.23. The molecule has 0 aliphatic heterocycles.